The highest BCUT2D eigenvalue weighted by atomic mass is 14.3. The topological polar surface area (TPSA) is 0 Å². The zero-order valence-electron chi connectivity index (χ0n) is 17.3. The van der Waals surface area contributed by atoms with Crippen molar-refractivity contribution in [1.82, 2.24) is 0 Å². The van der Waals surface area contributed by atoms with E-state index in [-0.39, 0.29) is 0 Å². The molecule has 3 atom stereocenters. The lowest BCUT2D eigenvalue weighted by Crippen LogP contribution is -2.17. The fraction of sp³-hybridized carbons (Fsp3) is 0.826. The highest BCUT2D eigenvalue weighted by molar-refractivity contribution is 5.02. The normalized spacial score (nSPS) is 22.2. The molecule has 1 rings (SSSR count). The van der Waals surface area contributed by atoms with Crippen molar-refractivity contribution < 1.29 is 0 Å². The van der Waals surface area contributed by atoms with E-state index in [4.69, 9.17) is 0 Å². The van der Waals surface area contributed by atoms with E-state index in [0.29, 0.717) is 11.3 Å². The summed E-state index contributed by atoms with van der Waals surface area (Å²) >= 11 is 0. The summed E-state index contributed by atoms with van der Waals surface area (Å²) < 4.78 is 0. The van der Waals surface area contributed by atoms with Crippen LogP contribution in [0.3, 0.4) is 0 Å². The standard InChI is InChI=1S/C20H36.C3H8/c1-7-16(2)18(4)15-20(5,6)14-10-13-19-12-9-8-11-17(19)3;1-3-2/h8,11,16-17,19H,4,7,9-10,12-15H2,1-3,5-6H3;3H2,1-2H3/t16-,17?,19?;/m0./s1. The first-order valence-electron chi connectivity index (χ1n) is 10.1. The molecule has 136 valence electrons. The van der Waals surface area contributed by atoms with Crippen LogP contribution >= 0.6 is 0 Å². The lowest BCUT2D eigenvalue weighted by atomic mass is 9.76. The van der Waals surface area contributed by atoms with E-state index >= 15 is 0 Å². The van der Waals surface area contributed by atoms with E-state index in [1.165, 1.54) is 56.9 Å². The Morgan fingerprint density at radius 3 is 2.39 bits per heavy atom. The molecule has 2 unspecified atom stereocenters. The van der Waals surface area contributed by atoms with Crippen LogP contribution in [0.15, 0.2) is 24.3 Å². The second-order valence-corrected chi connectivity index (χ2v) is 8.53. The molecule has 0 amide bonds. The number of hydrogen-bond acceptors (Lipinski definition) is 0. The van der Waals surface area contributed by atoms with Crippen molar-refractivity contribution in [2.75, 3.05) is 0 Å². The van der Waals surface area contributed by atoms with Gasteiger partial charge in [-0.3, -0.25) is 0 Å². The fourth-order valence-electron chi connectivity index (χ4n) is 3.46. The minimum Gasteiger partial charge on any atom is -0.0996 e. The molecule has 0 aliphatic heterocycles. The van der Waals surface area contributed by atoms with E-state index < -0.39 is 0 Å². The minimum atomic E-state index is 0.425. The van der Waals surface area contributed by atoms with Gasteiger partial charge in [0.25, 0.3) is 0 Å². The predicted molar refractivity (Wildman–Crippen MR) is 108 cm³/mol. The molecular weight excluding hydrogens is 276 g/mol. The van der Waals surface area contributed by atoms with Crippen LogP contribution in [0.4, 0.5) is 0 Å². The zero-order chi connectivity index (χ0) is 17.9. The largest absolute Gasteiger partial charge is 0.0996 e. The molecule has 0 saturated heterocycles. The Balaban J connectivity index is 0.00000149. The van der Waals surface area contributed by atoms with Gasteiger partial charge in [-0.25, -0.2) is 0 Å². The summed E-state index contributed by atoms with van der Waals surface area (Å²) in [5.74, 6) is 2.40. The Labute approximate surface area is 147 Å². The molecule has 0 nitrogen and oxygen atoms in total. The zero-order valence-corrected chi connectivity index (χ0v) is 17.3. The van der Waals surface area contributed by atoms with Crippen molar-refractivity contribution in [2.24, 2.45) is 23.2 Å². The van der Waals surface area contributed by atoms with Crippen LogP contribution in [0.1, 0.15) is 99.8 Å². The first-order valence-corrected chi connectivity index (χ1v) is 10.1. The molecule has 1 aliphatic rings. The summed E-state index contributed by atoms with van der Waals surface area (Å²) in [7, 11) is 0. The quantitative estimate of drug-likeness (QED) is 0.395. The Morgan fingerprint density at radius 1 is 1.26 bits per heavy atom. The molecule has 0 aromatic heterocycles. The summed E-state index contributed by atoms with van der Waals surface area (Å²) in [5, 5.41) is 0. The highest BCUT2D eigenvalue weighted by Gasteiger charge is 2.22. The van der Waals surface area contributed by atoms with Gasteiger partial charge in [0.15, 0.2) is 0 Å². The molecule has 0 spiro atoms. The molecule has 0 bridgehead atoms. The van der Waals surface area contributed by atoms with E-state index in [1.54, 1.807) is 0 Å². The Morgan fingerprint density at radius 2 is 1.87 bits per heavy atom. The fourth-order valence-corrected chi connectivity index (χ4v) is 3.46. The van der Waals surface area contributed by atoms with Crippen LogP contribution in [0.2, 0.25) is 0 Å². The van der Waals surface area contributed by atoms with Gasteiger partial charge in [-0.05, 0) is 61.7 Å². The van der Waals surface area contributed by atoms with Crippen molar-refractivity contribution in [1.29, 1.82) is 0 Å². The first kappa shape index (κ1) is 22.5. The molecule has 1 aliphatic carbocycles. The van der Waals surface area contributed by atoms with Gasteiger partial charge in [-0.1, -0.05) is 85.6 Å². The Hall–Kier alpha value is -0.520. The maximum absolute atomic E-state index is 4.31. The SMILES string of the molecule is C=C(CC(C)(C)CCCC1CCC=CC1C)[C@@H](C)CC.CCC. The average Bonchev–Trinajstić information content (AvgIpc) is 2.48. The molecule has 0 radical (unpaired) electrons. The molecular formula is C23H44. The summed E-state index contributed by atoms with van der Waals surface area (Å²) in [6, 6.07) is 0. The molecule has 0 aromatic carbocycles. The van der Waals surface area contributed by atoms with Gasteiger partial charge in [-0.2, -0.15) is 0 Å². The number of rotatable bonds is 8. The number of allylic oxidation sites excluding steroid dienone is 3. The maximum Gasteiger partial charge on any atom is -0.0233 e. The second kappa shape index (κ2) is 11.9. The van der Waals surface area contributed by atoms with E-state index in [2.05, 4.69) is 67.2 Å². The third-order valence-corrected chi connectivity index (χ3v) is 5.33. The van der Waals surface area contributed by atoms with E-state index in [1.807, 2.05) is 0 Å². The van der Waals surface area contributed by atoms with E-state index in [9.17, 15) is 0 Å². The lowest BCUT2D eigenvalue weighted by molar-refractivity contribution is 0.274. The Kier molecular flexibility index (Phi) is 11.7. The van der Waals surface area contributed by atoms with Crippen molar-refractivity contribution >= 4 is 0 Å². The van der Waals surface area contributed by atoms with Gasteiger partial charge >= 0.3 is 0 Å². The van der Waals surface area contributed by atoms with Gasteiger partial charge in [0.05, 0.1) is 0 Å². The molecule has 0 aromatic rings. The predicted octanol–water partition coefficient (Wildman–Crippen LogP) is 8.19. The molecule has 0 fully saturated rings. The van der Waals surface area contributed by atoms with Crippen molar-refractivity contribution in [3.8, 4) is 0 Å². The van der Waals surface area contributed by atoms with Gasteiger partial charge in [0.1, 0.15) is 0 Å². The van der Waals surface area contributed by atoms with Crippen molar-refractivity contribution in [2.45, 2.75) is 99.8 Å². The molecule has 23 heavy (non-hydrogen) atoms. The lowest BCUT2D eigenvalue weighted by Gasteiger charge is -2.30. The number of hydrogen-bond donors (Lipinski definition) is 0. The molecule has 0 N–H and O–H groups in total. The monoisotopic (exact) mass is 320 g/mol. The van der Waals surface area contributed by atoms with Crippen LogP contribution < -0.4 is 0 Å². The summed E-state index contributed by atoms with van der Waals surface area (Å²) in [6.45, 7) is 20.4. The average molecular weight is 321 g/mol. The minimum absolute atomic E-state index is 0.425. The maximum atomic E-state index is 4.31. The molecule has 0 heteroatoms. The Bertz CT molecular complexity index is 334. The summed E-state index contributed by atoms with van der Waals surface area (Å²) in [5.41, 5.74) is 1.88. The van der Waals surface area contributed by atoms with E-state index in [0.717, 1.165) is 11.8 Å². The molecule has 0 saturated carbocycles. The van der Waals surface area contributed by atoms with Crippen LogP contribution in [-0.4, -0.2) is 0 Å². The van der Waals surface area contributed by atoms with Gasteiger partial charge in [0, 0.05) is 0 Å². The third kappa shape index (κ3) is 10.0. The van der Waals surface area contributed by atoms with Crippen LogP contribution in [0.25, 0.3) is 0 Å². The van der Waals surface area contributed by atoms with Crippen LogP contribution in [-0.2, 0) is 0 Å². The highest BCUT2D eigenvalue weighted by Crippen LogP contribution is 2.36. The molecule has 0 heterocycles. The summed E-state index contributed by atoms with van der Waals surface area (Å²) in [4.78, 5) is 0. The van der Waals surface area contributed by atoms with Crippen molar-refractivity contribution in [3.05, 3.63) is 24.3 Å². The van der Waals surface area contributed by atoms with Gasteiger partial charge in [0.2, 0.25) is 0 Å². The first-order chi connectivity index (χ1) is 10.8. The van der Waals surface area contributed by atoms with Gasteiger partial charge in [-0.15, -0.1) is 0 Å². The summed E-state index contributed by atoms with van der Waals surface area (Å²) in [6.07, 6.45) is 15.3. The van der Waals surface area contributed by atoms with Crippen LogP contribution in [0.5, 0.6) is 0 Å². The van der Waals surface area contributed by atoms with Crippen molar-refractivity contribution in [3.63, 3.8) is 0 Å². The third-order valence-electron chi connectivity index (χ3n) is 5.33. The smallest absolute Gasteiger partial charge is 0.0233 e. The second-order valence-electron chi connectivity index (χ2n) is 8.53. The van der Waals surface area contributed by atoms with Crippen LogP contribution in [0, 0.1) is 23.2 Å². The van der Waals surface area contributed by atoms with Gasteiger partial charge < -0.3 is 0 Å².